The van der Waals surface area contributed by atoms with E-state index in [1.54, 1.807) is 7.11 Å². The van der Waals surface area contributed by atoms with Gasteiger partial charge in [0.25, 0.3) is 0 Å². The van der Waals surface area contributed by atoms with Gasteiger partial charge in [-0.3, -0.25) is 4.79 Å². The Bertz CT molecular complexity index is 907. The number of methoxy groups -OCH3 is 1. The number of hydrogen-bond donors (Lipinski definition) is 1. The smallest absolute Gasteiger partial charge is 0.220 e. The number of amides is 1. The Hall–Kier alpha value is -3.15. The first kappa shape index (κ1) is 21.6. The number of rotatable bonds is 11. The van der Waals surface area contributed by atoms with Crippen LogP contribution in [0.4, 0.5) is 0 Å². The van der Waals surface area contributed by atoms with Crippen LogP contribution < -0.4 is 10.1 Å². The lowest BCUT2D eigenvalue weighted by Crippen LogP contribution is -2.28. The van der Waals surface area contributed by atoms with Crippen LogP contribution in [0.5, 0.6) is 5.75 Å². The van der Waals surface area contributed by atoms with Crippen molar-refractivity contribution in [3.05, 3.63) is 77.5 Å². The molecule has 0 aliphatic carbocycles. The van der Waals surface area contributed by atoms with E-state index in [2.05, 4.69) is 22.4 Å². The van der Waals surface area contributed by atoms with Gasteiger partial charge in [0, 0.05) is 19.3 Å². The molecular formula is C24H29N3O3. The van der Waals surface area contributed by atoms with E-state index < -0.39 is 0 Å². The average Bonchev–Trinajstić information content (AvgIpc) is 3.25. The zero-order valence-corrected chi connectivity index (χ0v) is 17.6. The highest BCUT2D eigenvalue weighted by Crippen LogP contribution is 2.18. The fourth-order valence-corrected chi connectivity index (χ4v) is 3.32. The van der Waals surface area contributed by atoms with Crippen molar-refractivity contribution in [2.75, 3.05) is 7.11 Å². The molecule has 1 amide bonds. The third kappa shape index (κ3) is 6.44. The number of hydrogen-bond acceptors (Lipinski definition) is 5. The Morgan fingerprint density at radius 1 is 1.00 bits per heavy atom. The second-order valence-corrected chi connectivity index (χ2v) is 7.26. The first-order chi connectivity index (χ1) is 14.7. The topological polar surface area (TPSA) is 77.2 Å². The maximum atomic E-state index is 12.4. The van der Waals surface area contributed by atoms with Gasteiger partial charge in [-0.2, -0.15) is 0 Å². The van der Waals surface area contributed by atoms with Crippen LogP contribution >= 0.6 is 0 Å². The average molecular weight is 408 g/mol. The highest BCUT2D eigenvalue weighted by molar-refractivity contribution is 5.76. The largest absolute Gasteiger partial charge is 0.497 e. The second-order valence-electron chi connectivity index (χ2n) is 7.26. The van der Waals surface area contributed by atoms with Crippen LogP contribution in [0.1, 0.15) is 55.1 Å². The molecule has 158 valence electrons. The Balaban J connectivity index is 1.46. The number of aromatic nitrogens is 2. The van der Waals surface area contributed by atoms with Gasteiger partial charge in [0.15, 0.2) is 0 Å². The van der Waals surface area contributed by atoms with Crippen molar-refractivity contribution < 1.29 is 13.9 Å². The van der Waals surface area contributed by atoms with Gasteiger partial charge in [0.2, 0.25) is 17.7 Å². The zero-order valence-electron chi connectivity index (χ0n) is 17.6. The summed E-state index contributed by atoms with van der Waals surface area (Å²) in [6, 6.07) is 18.0. The number of ether oxygens (including phenoxy) is 1. The Morgan fingerprint density at radius 3 is 2.37 bits per heavy atom. The summed E-state index contributed by atoms with van der Waals surface area (Å²) in [4.78, 5) is 12.4. The highest BCUT2D eigenvalue weighted by atomic mass is 16.5. The molecule has 3 rings (SSSR count). The predicted octanol–water partition coefficient (Wildman–Crippen LogP) is 4.45. The molecule has 0 fully saturated rings. The van der Waals surface area contributed by atoms with E-state index in [9.17, 15) is 4.79 Å². The molecule has 0 bridgehead atoms. The standard InChI is InChI=1S/C24H29N3O3/c1-3-7-21(19-8-5-4-6-9-19)25-22(28)15-17-24-27-26-23(30-24)16-12-18-10-13-20(29-2)14-11-18/h4-6,8-11,13-14,21H,3,7,12,15-17H2,1-2H3,(H,25,28)/t21-/m0/s1. The summed E-state index contributed by atoms with van der Waals surface area (Å²) >= 11 is 0. The van der Waals surface area contributed by atoms with E-state index >= 15 is 0 Å². The van der Waals surface area contributed by atoms with E-state index in [1.165, 1.54) is 5.56 Å². The molecule has 0 saturated carbocycles. The minimum Gasteiger partial charge on any atom is -0.497 e. The second kappa shape index (κ2) is 11.1. The quantitative estimate of drug-likeness (QED) is 0.508. The molecule has 1 aromatic heterocycles. The molecule has 1 N–H and O–H groups in total. The van der Waals surface area contributed by atoms with Crippen molar-refractivity contribution in [1.29, 1.82) is 0 Å². The molecule has 6 nitrogen and oxygen atoms in total. The van der Waals surface area contributed by atoms with E-state index in [1.807, 2.05) is 54.6 Å². The molecule has 3 aromatic rings. The molecule has 6 heteroatoms. The van der Waals surface area contributed by atoms with Crippen LogP contribution in [-0.2, 0) is 24.1 Å². The normalized spacial score (nSPS) is 11.8. The molecule has 2 aromatic carbocycles. The molecule has 0 spiro atoms. The minimum atomic E-state index is -0.00436. The summed E-state index contributed by atoms with van der Waals surface area (Å²) in [7, 11) is 1.65. The van der Waals surface area contributed by atoms with Crippen molar-refractivity contribution in [1.82, 2.24) is 15.5 Å². The Kier molecular flexibility index (Phi) is 8.01. The van der Waals surface area contributed by atoms with Crippen LogP contribution in [0, 0.1) is 0 Å². The molecule has 30 heavy (non-hydrogen) atoms. The van der Waals surface area contributed by atoms with Crippen LogP contribution in [0.15, 0.2) is 59.0 Å². The van der Waals surface area contributed by atoms with Gasteiger partial charge in [0.1, 0.15) is 5.75 Å². The van der Waals surface area contributed by atoms with Crippen molar-refractivity contribution >= 4 is 5.91 Å². The first-order valence-electron chi connectivity index (χ1n) is 10.5. The molecule has 1 heterocycles. The van der Waals surface area contributed by atoms with Crippen LogP contribution in [0.2, 0.25) is 0 Å². The molecule has 0 unspecified atom stereocenters. The summed E-state index contributed by atoms with van der Waals surface area (Å²) in [5.74, 6) is 1.93. The lowest BCUT2D eigenvalue weighted by atomic mass is 10.0. The van der Waals surface area contributed by atoms with E-state index in [-0.39, 0.29) is 11.9 Å². The molecule has 0 aliphatic heterocycles. The van der Waals surface area contributed by atoms with Crippen molar-refractivity contribution in [3.8, 4) is 5.75 Å². The summed E-state index contributed by atoms with van der Waals surface area (Å²) < 4.78 is 10.9. The van der Waals surface area contributed by atoms with E-state index in [4.69, 9.17) is 9.15 Å². The zero-order chi connectivity index (χ0) is 21.2. The summed E-state index contributed by atoms with van der Waals surface area (Å²) in [6.45, 7) is 2.12. The molecule has 1 atom stereocenters. The van der Waals surface area contributed by atoms with Gasteiger partial charge < -0.3 is 14.5 Å². The summed E-state index contributed by atoms with van der Waals surface area (Å²) in [5, 5.41) is 11.3. The molecule has 0 radical (unpaired) electrons. The van der Waals surface area contributed by atoms with Crippen molar-refractivity contribution in [3.63, 3.8) is 0 Å². The highest BCUT2D eigenvalue weighted by Gasteiger charge is 2.15. The van der Waals surface area contributed by atoms with Gasteiger partial charge in [0.05, 0.1) is 13.2 Å². The van der Waals surface area contributed by atoms with E-state index in [0.717, 1.165) is 30.6 Å². The number of benzene rings is 2. The SMILES string of the molecule is CCC[C@H](NC(=O)CCc1nnc(CCc2ccc(OC)cc2)o1)c1ccccc1. The lowest BCUT2D eigenvalue weighted by molar-refractivity contribution is -0.121. The fourth-order valence-electron chi connectivity index (χ4n) is 3.32. The van der Waals surface area contributed by atoms with Crippen LogP contribution in [-0.4, -0.2) is 23.2 Å². The summed E-state index contributed by atoms with van der Waals surface area (Å²) in [6.07, 6.45) is 4.15. The molecular weight excluding hydrogens is 378 g/mol. The van der Waals surface area contributed by atoms with Crippen LogP contribution in [0.25, 0.3) is 0 Å². The van der Waals surface area contributed by atoms with Gasteiger partial charge in [-0.1, -0.05) is 55.8 Å². The maximum absolute atomic E-state index is 12.4. The van der Waals surface area contributed by atoms with Gasteiger partial charge in [-0.05, 0) is 36.1 Å². The Morgan fingerprint density at radius 2 is 1.70 bits per heavy atom. The number of carbonyl (C=O) groups is 1. The van der Waals surface area contributed by atoms with E-state index in [0.29, 0.717) is 31.0 Å². The molecule has 0 aliphatic rings. The monoisotopic (exact) mass is 407 g/mol. The number of carbonyl (C=O) groups excluding carboxylic acids is 1. The van der Waals surface area contributed by atoms with Gasteiger partial charge in [-0.25, -0.2) is 0 Å². The minimum absolute atomic E-state index is 0.00436. The van der Waals surface area contributed by atoms with Crippen LogP contribution in [0.3, 0.4) is 0 Å². The lowest BCUT2D eigenvalue weighted by Gasteiger charge is -2.18. The number of nitrogens with zero attached hydrogens (tertiary/aromatic N) is 2. The molecule has 0 saturated heterocycles. The van der Waals surface area contributed by atoms with Crippen molar-refractivity contribution in [2.45, 2.75) is 51.5 Å². The van der Waals surface area contributed by atoms with Gasteiger partial charge >= 0.3 is 0 Å². The number of nitrogens with one attached hydrogen (secondary N) is 1. The third-order valence-electron chi connectivity index (χ3n) is 4.98. The number of aryl methyl sites for hydroxylation is 3. The van der Waals surface area contributed by atoms with Gasteiger partial charge in [-0.15, -0.1) is 10.2 Å². The first-order valence-corrected chi connectivity index (χ1v) is 10.5. The third-order valence-corrected chi connectivity index (χ3v) is 4.98. The Labute approximate surface area is 177 Å². The predicted molar refractivity (Wildman–Crippen MR) is 115 cm³/mol. The van der Waals surface area contributed by atoms with Crippen molar-refractivity contribution in [2.24, 2.45) is 0 Å². The fraction of sp³-hybridized carbons (Fsp3) is 0.375. The maximum Gasteiger partial charge on any atom is 0.220 e. The summed E-state index contributed by atoms with van der Waals surface area (Å²) in [5.41, 5.74) is 2.31.